The number of hydrogen-bond acceptors (Lipinski definition) is 4. The minimum absolute atomic E-state index is 0.669. The van der Waals surface area contributed by atoms with E-state index >= 15 is 0 Å². The second kappa shape index (κ2) is 9.27. The van der Waals surface area contributed by atoms with Gasteiger partial charge < -0.3 is 14.8 Å². The van der Waals surface area contributed by atoms with E-state index in [4.69, 9.17) is 9.47 Å². The first kappa shape index (κ1) is 13.1. The maximum Gasteiger partial charge on any atom is 0.0701 e. The Balaban J connectivity index is 1.89. The van der Waals surface area contributed by atoms with Crippen LogP contribution < -0.4 is 5.32 Å². The Labute approximate surface area is 97.0 Å². The van der Waals surface area contributed by atoms with Gasteiger partial charge in [-0.3, -0.25) is 4.98 Å². The highest BCUT2D eigenvalue weighted by molar-refractivity contribution is 5.07. The highest BCUT2D eigenvalue weighted by Crippen LogP contribution is 1.93. The largest absolute Gasteiger partial charge is 0.379 e. The van der Waals surface area contributed by atoms with Crippen LogP contribution in [0.4, 0.5) is 0 Å². The molecule has 0 bridgehead atoms. The molecule has 0 aromatic carbocycles. The Morgan fingerprint density at radius 3 is 2.88 bits per heavy atom. The molecule has 1 aromatic heterocycles. The SMILES string of the molecule is CCOCCOCCNCc1cccnc1. The van der Waals surface area contributed by atoms with E-state index in [0.717, 1.165) is 19.7 Å². The van der Waals surface area contributed by atoms with Crippen LogP contribution in [0.25, 0.3) is 0 Å². The lowest BCUT2D eigenvalue weighted by molar-refractivity contribution is 0.0539. The molecule has 0 aliphatic heterocycles. The van der Waals surface area contributed by atoms with E-state index in [1.165, 1.54) is 5.56 Å². The summed E-state index contributed by atoms with van der Waals surface area (Å²) in [5.41, 5.74) is 1.19. The third-order valence-corrected chi connectivity index (χ3v) is 2.05. The standard InChI is InChI=1S/C12H20N2O2/c1-2-15-8-9-16-7-6-14-11-12-4-3-5-13-10-12/h3-5,10,14H,2,6-9,11H2,1H3. The summed E-state index contributed by atoms with van der Waals surface area (Å²) in [5.74, 6) is 0. The summed E-state index contributed by atoms with van der Waals surface area (Å²) >= 11 is 0. The topological polar surface area (TPSA) is 43.4 Å². The molecular formula is C12H20N2O2. The van der Waals surface area contributed by atoms with Gasteiger partial charge in [0.15, 0.2) is 0 Å². The molecule has 0 fully saturated rings. The van der Waals surface area contributed by atoms with E-state index in [-0.39, 0.29) is 0 Å². The van der Waals surface area contributed by atoms with E-state index in [1.807, 2.05) is 19.2 Å². The first-order valence-electron chi connectivity index (χ1n) is 5.68. The van der Waals surface area contributed by atoms with Gasteiger partial charge in [0.1, 0.15) is 0 Å². The normalized spacial score (nSPS) is 10.6. The molecule has 0 saturated carbocycles. The smallest absolute Gasteiger partial charge is 0.0701 e. The molecule has 4 nitrogen and oxygen atoms in total. The van der Waals surface area contributed by atoms with Crippen LogP contribution in [0.2, 0.25) is 0 Å². The fraction of sp³-hybridized carbons (Fsp3) is 0.583. The molecule has 0 radical (unpaired) electrons. The van der Waals surface area contributed by atoms with E-state index in [9.17, 15) is 0 Å². The summed E-state index contributed by atoms with van der Waals surface area (Å²) < 4.78 is 10.5. The van der Waals surface area contributed by atoms with Crippen molar-refractivity contribution in [2.24, 2.45) is 0 Å². The van der Waals surface area contributed by atoms with E-state index in [0.29, 0.717) is 19.8 Å². The van der Waals surface area contributed by atoms with Crippen molar-refractivity contribution in [2.75, 3.05) is 33.0 Å². The zero-order valence-corrected chi connectivity index (χ0v) is 9.82. The molecule has 90 valence electrons. The summed E-state index contributed by atoms with van der Waals surface area (Å²) in [6, 6.07) is 3.99. The molecule has 0 saturated heterocycles. The summed E-state index contributed by atoms with van der Waals surface area (Å²) in [7, 11) is 0. The molecule has 0 spiro atoms. The monoisotopic (exact) mass is 224 g/mol. The second-order valence-corrected chi connectivity index (χ2v) is 3.35. The Morgan fingerprint density at radius 2 is 2.12 bits per heavy atom. The maximum atomic E-state index is 5.37. The fourth-order valence-electron chi connectivity index (χ4n) is 1.24. The van der Waals surface area contributed by atoms with Gasteiger partial charge in [-0.2, -0.15) is 0 Å². The molecule has 16 heavy (non-hydrogen) atoms. The zero-order chi connectivity index (χ0) is 11.5. The lowest BCUT2D eigenvalue weighted by Crippen LogP contribution is -2.20. The summed E-state index contributed by atoms with van der Waals surface area (Å²) in [4.78, 5) is 4.05. The van der Waals surface area contributed by atoms with Gasteiger partial charge in [0.05, 0.1) is 19.8 Å². The third kappa shape index (κ3) is 6.50. The lowest BCUT2D eigenvalue weighted by Gasteiger charge is -2.06. The minimum atomic E-state index is 0.669. The van der Waals surface area contributed by atoms with Crippen molar-refractivity contribution >= 4 is 0 Å². The van der Waals surface area contributed by atoms with Crippen molar-refractivity contribution in [1.82, 2.24) is 10.3 Å². The summed E-state index contributed by atoms with van der Waals surface area (Å²) in [5, 5.41) is 3.29. The lowest BCUT2D eigenvalue weighted by atomic mass is 10.3. The van der Waals surface area contributed by atoms with Crippen molar-refractivity contribution in [2.45, 2.75) is 13.5 Å². The molecule has 1 N–H and O–H groups in total. The van der Waals surface area contributed by atoms with Gasteiger partial charge in [0.25, 0.3) is 0 Å². The Bertz CT molecular complexity index is 254. The van der Waals surface area contributed by atoms with Crippen molar-refractivity contribution in [3.8, 4) is 0 Å². The number of aromatic nitrogens is 1. The number of nitrogens with one attached hydrogen (secondary N) is 1. The van der Waals surface area contributed by atoms with Gasteiger partial charge in [-0.25, -0.2) is 0 Å². The van der Waals surface area contributed by atoms with E-state index in [2.05, 4.69) is 16.4 Å². The molecule has 1 aromatic rings. The molecule has 4 heteroatoms. The number of rotatable bonds is 9. The molecule has 1 rings (SSSR count). The van der Waals surface area contributed by atoms with Crippen LogP contribution in [0.5, 0.6) is 0 Å². The fourth-order valence-corrected chi connectivity index (χ4v) is 1.24. The number of nitrogens with zero attached hydrogens (tertiary/aromatic N) is 1. The van der Waals surface area contributed by atoms with Gasteiger partial charge >= 0.3 is 0 Å². The maximum absolute atomic E-state index is 5.37. The highest BCUT2D eigenvalue weighted by Gasteiger charge is 1.92. The van der Waals surface area contributed by atoms with Crippen LogP contribution in [0, 0.1) is 0 Å². The Hall–Kier alpha value is -0.970. The minimum Gasteiger partial charge on any atom is -0.379 e. The summed E-state index contributed by atoms with van der Waals surface area (Å²) in [6.45, 7) is 6.48. The zero-order valence-electron chi connectivity index (χ0n) is 9.82. The van der Waals surface area contributed by atoms with Crippen molar-refractivity contribution < 1.29 is 9.47 Å². The number of hydrogen-bond donors (Lipinski definition) is 1. The van der Waals surface area contributed by atoms with Crippen LogP contribution in [0.15, 0.2) is 24.5 Å². The average Bonchev–Trinajstić information content (AvgIpc) is 2.34. The van der Waals surface area contributed by atoms with Crippen LogP contribution in [0.1, 0.15) is 12.5 Å². The van der Waals surface area contributed by atoms with Crippen molar-refractivity contribution in [3.63, 3.8) is 0 Å². The predicted octanol–water partition coefficient (Wildman–Crippen LogP) is 1.22. The number of ether oxygens (including phenoxy) is 2. The van der Waals surface area contributed by atoms with Gasteiger partial charge in [0, 0.05) is 32.1 Å². The van der Waals surface area contributed by atoms with Gasteiger partial charge in [-0.05, 0) is 18.6 Å². The number of pyridine rings is 1. The first-order chi connectivity index (χ1) is 7.93. The Kier molecular flexibility index (Phi) is 7.59. The van der Waals surface area contributed by atoms with Gasteiger partial charge in [-0.15, -0.1) is 0 Å². The quantitative estimate of drug-likeness (QED) is 0.641. The van der Waals surface area contributed by atoms with Crippen molar-refractivity contribution in [1.29, 1.82) is 0 Å². The molecule has 0 aliphatic rings. The molecule has 1 heterocycles. The highest BCUT2D eigenvalue weighted by atomic mass is 16.5. The van der Waals surface area contributed by atoms with Crippen molar-refractivity contribution in [3.05, 3.63) is 30.1 Å². The molecule has 0 atom stereocenters. The molecule has 0 amide bonds. The van der Waals surface area contributed by atoms with Crippen LogP contribution in [0.3, 0.4) is 0 Å². The van der Waals surface area contributed by atoms with Gasteiger partial charge in [-0.1, -0.05) is 6.07 Å². The van der Waals surface area contributed by atoms with E-state index < -0.39 is 0 Å². The van der Waals surface area contributed by atoms with E-state index in [1.54, 1.807) is 6.20 Å². The summed E-state index contributed by atoms with van der Waals surface area (Å²) in [6.07, 6.45) is 3.64. The van der Waals surface area contributed by atoms with Crippen LogP contribution in [-0.4, -0.2) is 38.0 Å². The average molecular weight is 224 g/mol. The third-order valence-electron chi connectivity index (χ3n) is 2.05. The molecule has 0 unspecified atom stereocenters. The molecular weight excluding hydrogens is 204 g/mol. The second-order valence-electron chi connectivity index (χ2n) is 3.35. The Morgan fingerprint density at radius 1 is 1.25 bits per heavy atom. The molecule has 0 aliphatic carbocycles. The van der Waals surface area contributed by atoms with Gasteiger partial charge in [0.2, 0.25) is 0 Å². The van der Waals surface area contributed by atoms with Crippen LogP contribution in [-0.2, 0) is 16.0 Å². The predicted molar refractivity (Wildman–Crippen MR) is 63.3 cm³/mol. The van der Waals surface area contributed by atoms with Crippen LogP contribution >= 0.6 is 0 Å². The first-order valence-corrected chi connectivity index (χ1v) is 5.68.